The number of cyclic esters (lactones) is 1. The minimum atomic E-state index is -0.746. The number of ether oxygens (including phenoxy) is 3. The summed E-state index contributed by atoms with van der Waals surface area (Å²) in [5.41, 5.74) is 0.304. The first kappa shape index (κ1) is 25.2. The maximum atomic E-state index is 12.6. The van der Waals surface area contributed by atoms with Gasteiger partial charge in [-0.25, -0.2) is 9.59 Å². The molecule has 1 aromatic rings. The summed E-state index contributed by atoms with van der Waals surface area (Å²) >= 11 is 0. The van der Waals surface area contributed by atoms with Gasteiger partial charge in [-0.1, -0.05) is 50.3 Å². The number of epoxide rings is 1. The summed E-state index contributed by atoms with van der Waals surface area (Å²) in [4.78, 5) is 25.0. The number of rotatable bonds is 6. The van der Waals surface area contributed by atoms with Crippen molar-refractivity contribution >= 4 is 18.0 Å². The van der Waals surface area contributed by atoms with E-state index < -0.39 is 29.6 Å². The van der Waals surface area contributed by atoms with Crippen LogP contribution < -0.4 is 0 Å². The highest BCUT2D eigenvalue weighted by Gasteiger charge is 2.66. The molecule has 4 fully saturated rings. The predicted molar refractivity (Wildman–Crippen MR) is 132 cm³/mol. The number of hydrogen-bond acceptors (Lipinski definition) is 7. The molecule has 2 aliphatic carbocycles. The SMILES string of the molecule is C[C@]1(CO)[C@H]2CC[C@@]3(CO3)[C@@H](C/C=C3/C(=O)OC[C@H]3OC(=O)/C=C/c3ccccc3)[C@]2(C)CC[C@H]1O. The van der Waals surface area contributed by atoms with Gasteiger partial charge in [0.1, 0.15) is 6.61 Å². The van der Waals surface area contributed by atoms with Gasteiger partial charge in [0.25, 0.3) is 0 Å². The Morgan fingerprint density at radius 1 is 1.19 bits per heavy atom. The first-order valence-electron chi connectivity index (χ1n) is 13.0. The third-order valence-corrected chi connectivity index (χ3v) is 9.44. The predicted octanol–water partition coefficient (Wildman–Crippen LogP) is 3.44. The van der Waals surface area contributed by atoms with Crippen LogP contribution in [0.15, 0.2) is 48.1 Å². The highest BCUT2D eigenvalue weighted by molar-refractivity contribution is 5.93. The molecule has 0 bridgehead atoms. The number of allylic oxidation sites excluding steroid dienone is 1. The Hall–Kier alpha value is -2.48. The highest BCUT2D eigenvalue weighted by atomic mass is 16.6. The molecule has 2 aliphatic heterocycles. The molecule has 2 N–H and O–H groups in total. The second-order valence-electron chi connectivity index (χ2n) is 11.4. The van der Waals surface area contributed by atoms with Crippen molar-refractivity contribution in [2.75, 3.05) is 19.8 Å². The Morgan fingerprint density at radius 3 is 2.64 bits per heavy atom. The van der Waals surface area contributed by atoms with E-state index in [0.29, 0.717) is 25.0 Å². The van der Waals surface area contributed by atoms with Gasteiger partial charge >= 0.3 is 11.9 Å². The zero-order chi connectivity index (χ0) is 25.6. The summed E-state index contributed by atoms with van der Waals surface area (Å²) in [5.74, 6) is -0.719. The van der Waals surface area contributed by atoms with Gasteiger partial charge < -0.3 is 24.4 Å². The lowest BCUT2D eigenvalue weighted by Gasteiger charge is -2.60. The molecule has 2 saturated heterocycles. The zero-order valence-corrected chi connectivity index (χ0v) is 21.0. The molecule has 0 amide bonds. The first-order chi connectivity index (χ1) is 17.2. The van der Waals surface area contributed by atoms with E-state index in [4.69, 9.17) is 14.2 Å². The second-order valence-corrected chi connectivity index (χ2v) is 11.4. The molecule has 7 atom stereocenters. The van der Waals surface area contributed by atoms with Crippen molar-refractivity contribution in [3.63, 3.8) is 0 Å². The van der Waals surface area contributed by atoms with Gasteiger partial charge in [-0.15, -0.1) is 0 Å². The van der Waals surface area contributed by atoms with E-state index in [-0.39, 0.29) is 36.1 Å². The molecule has 1 spiro atoms. The average molecular weight is 497 g/mol. The number of carbonyl (C=O) groups excluding carboxylic acids is 2. The first-order valence-corrected chi connectivity index (χ1v) is 13.0. The molecular formula is C29H36O7. The molecule has 2 heterocycles. The molecule has 0 aromatic heterocycles. The number of carbonyl (C=O) groups is 2. The highest BCUT2D eigenvalue weighted by Crippen LogP contribution is 2.66. The van der Waals surface area contributed by atoms with Crippen molar-refractivity contribution in [1.29, 1.82) is 0 Å². The fraction of sp³-hybridized carbons (Fsp3) is 0.586. The molecular weight excluding hydrogens is 460 g/mol. The van der Waals surface area contributed by atoms with Crippen LogP contribution in [0.1, 0.15) is 51.5 Å². The lowest BCUT2D eigenvalue weighted by Crippen LogP contribution is -2.60. The molecule has 7 heteroatoms. The van der Waals surface area contributed by atoms with E-state index in [1.54, 1.807) is 6.08 Å². The average Bonchev–Trinajstić information content (AvgIpc) is 3.57. The van der Waals surface area contributed by atoms with E-state index in [1.807, 2.05) is 43.3 Å². The molecule has 1 aromatic carbocycles. The normalized spacial score (nSPS) is 40.9. The summed E-state index contributed by atoms with van der Waals surface area (Å²) in [6, 6.07) is 9.45. The maximum absolute atomic E-state index is 12.6. The summed E-state index contributed by atoms with van der Waals surface area (Å²) in [5, 5.41) is 21.0. The van der Waals surface area contributed by atoms with Crippen LogP contribution in [0, 0.1) is 22.7 Å². The van der Waals surface area contributed by atoms with Crippen molar-refractivity contribution in [3.8, 4) is 0 Å². The lowest BCUT2D eigenvalue weighted by molar-refractivity contribution is -0.175. The number of benzene rings is 1. The Kier molecular flexibility index (Phi) is 6.60. The molecule has 194 valence electrons. The van der Waals surface area contributed by atoms with Gasteiger partial charge in [0.2, 0.25) is 0 Å². The monoisotopic (exact) mass is 496 g/mol. The van der Waals surface area contributed by atoms with Crippen molar-refractivity contribution in [2.45, 2.75) is 63.8 Å². The molecule has 0 unspecified atom stereocenters. The number of aliphatic hydroxyl groups excluding tert-OH is 2. The van der Waals surface area contributed by atoms with Crippen molar-refractivity contribution in [3.05, 3.63) is 53.6 Å². The third-order valence-electron chi connectivity index (χ3n) is 9.44. The third kappa shape index (κ3) is 4.31. The van der Waals surface area contributed by atoms with Crippen molar-refractivity contribution < 1.29 is 34.0 Å². The Morgan fingerprint density at radius 2 is 1.94 bits per heavy atom. The molecule has 2 saturated carbocycles. The largest absolute Gasteiger partial charge is 0.458 e. The van der Waals surface area contributed by atoms with Crippen LogP contribution in [0.4, 0.5) is 0 Å². The number of hydrogen-bond donors (Lipinski definition) is 2. The Bertz CT molecular complexity index is 1060. The van der Waals surface area contributed by atoms with Crippen LogP contribution in [-0.4, -0.2) is 59.8 Å². The molecule has 36 heavy (non-hydrogen) atoms. The minimum absolute atomic E-state index is 0.0105. The number of fused-ring (bicyclic) bond motifs is 1. The van der Waals surface area contributed by atoms with Crippen molar-refractivity contribution in [1.82, 2.24) is 0 Å². The summed E-state index contributed by atoms with van der Waals surface area (Å²) in [6.45, 7) is 4.89. The summed E-state index contributed by atoms with van der Waals surface area (Å²) < 4.78 is 16.9. The summed E-state index contributed by atoms with van der Waals surface area (Å²) in [6.07, 6.45) is 7.44. The van der Waals surface area contributed by atoms with Gasteiger partial charge in [-0.05, 0) is 61.0 Å². The number of esters is 2. The number of aliphatic hydroxyl groups is 2. The van der Waals surface area contributed by atoms with Crippen LogP contribution in [0.3, 0.4) is 0 Å². The fourth-order valence-electron chi connectivity index (χ4n) is 7.24. The van der Waals surface area contributed by atoms with Gasteiger partial charge in [-0.3, -0.25) is 0 Å². The topological polar surface area (TPSA) is 106 Å². The smallest absolute Gasteiger partial charge is 0.337 e. The van der Waals surface area contributed by atoms with Gasteiger partial charge in [0.05, 0.1) is 30.5 Å². The second kappa shape index (κ2) is 9.43. The van der Waals surface area contributed by atoms with E-state index in [1.165, 1.54) is 6.08 Å². The molecule has 7 nitrogen and oxygen atoms in total. The van der Waals surface area contributed by atoms with Crippen LogP contribution in [0.25, 0.3) is 6.08 Å². The summed E-state index contributed by atoms with van der Waals surface area (Å²) in [7, 11) is 0. The van der Waals surface area contributed by atoms with E-state index in [2.05, 4.69) is 6.92 Å². The van der Waals surface area contributed by atoms with Crippen LogP contribution in [-0.2, 0) is 23.8 Å². The standard InChI is InChI=1S/C29H36O7/c1-27-14-13-24(31)28(2,17-30)22(27)12-15-29(18-35-29)23(27)10-9-20-21(16-34-26(20)33)36-25(32)11-8-19-6-4-3-5-7-19/h3-9,11,21-24,30-31H,10,12-18H2,1-2H3/b11-8+,20-9+/t21-,22+,23+,24-,27-,28+,29-/m1/s1. The molecule has 4 aliphatic rings. The van der Waals surface area contributed by atoms with E-state index in [0.717, 1.165) is 24.8 Å². The van der Waals surface area contributed by atoms with Gasteiger partial charge in [0, 0.05) is 11.5 Å². The lowest BCUT2D eigenvalue weighted by atomic mass is 9.45. The maximum Gasteiger partial charge on any atom is 0.337 e. The van der Waals surface area contributed by atoms with Crippen LogP contribution >= 0.6 is 0 Å². The van der Waals surface area contributed by atoms with Gasteiger partial charge in [-0.2, -0.15) is 0 Å². The van der Waals surface area contributed by atoms with E-state index in [9.17, 15) is 19.8 Å². The Balaban J connectivity index is 1.34. The van der Waals surface area contributed by atoms with Crippen molar-refractivity contribution in [2.24, 2.45) is 22.7 Å². The van der Waals surface area contributed by atoms with Crippen LogP contribution in [0.5, 0.6) is 0 Å². The minimum Gasteiger partial charge on any atom is -0.458 e. The van der Waals surface area contributed by atoms with Crippen LogP contribution in [0.2, 0.25) is 0 Å². The van der Waals surface area contributed by atoms with Gasteiger partial charge in [0.15, 0.2) is 6.10 Å². The Labute approximate surface area is 212 Å². The van der Waals surface area contributed by atoms with E-state index >= 15 is 0 Å². The molecule has 5 rings (SSSR count). The zero-order valence-electron chi connectivity index (χ0n) is 21.0. The molecule has 0 radical (unpaired) electrons. The quantitative estimate of drug-likeness (QED) is 0.353. The fourth-order valence-corrected chi connectivity index (χ4v) is 7.24.